The summed E-state index contributed by atoms with van der Waals surface area (Å²) in [5.41, 5.74) is 2.26. The van der Waals surface area contributed by atoms with Gasteiger partial charge in [-0.25, -0.2) is 4.98 Å². The van der Waals surface area contributed by atoms with Crippen LogP contribution in [0.3, 0.4) is 0 Å². The fourth-order valence-corrected chi connectivity index (χ4v) is 2.12. The lowest BCUT2D eigenvalue weighted by Crippen LogP contribution is -1.89. The number of hydrogen-bond acceptors (Lipinski definition) is 2. The highest BCUT2D eigenvalue weighted by molar-refractivity contribution is 6.32. The second-order valence-corrected chi connectivity index (χ2v) is 4.32. The number of hydrogen-bond donors (Lipinski definition) is 1. The number of rotatable bonds is 2. The molecule has 0 aromatic carbocycles. The Hall–Kier alpha value is -1.22. The van der Waals surface area contributed by atoms with Crippen LogP contribution < -0.4 is 5.32 Å². The highest BCUT2D eigenvalue weighted by atomic mass is 35.5. The number of aromatic nitrogens is 2. The second kappa shape index (κ2) is 3.14. The molecule has 15 heavy (non-hydrogen) atoms. The molecule has 1 saturated carbocycles. The molecule has 78 valence electrons. The van der Waals surface area contributed by atoms with Crippen molar-refractivity contribution in [2.45, 2.75) is 18.8 Å². The molecule has 4 heteroatoms. The summed E-state index contributed by atoms with van der Waals surface area (Å²) < 4.78 is 1.95. The number of halogens is 1. The molecule has 1 aliphatic carbocycles. The second-order valence-electron chi connectivity index (χ2n) is 3.97. The SMILES string of the molecule is CNc1nc2ccc(C3CC3)cn2c1Cl. The maximum absolute atomic E-state index is 6.19. The number of imidazole rings is 1. The minimum absolute atomic E-state index is 0.662. The molecule has 2 heterocycles. The molecule has 0 unspecified atom stereocenters. The van der Waals surface area contributed by atoms with Gasteiger partial charge < -0.3 is 5.32 Å². The summed E-state index contributed by atoms with van der Waals surface area (Å²) in [6.07, 6.45) is 4.70. The lowest BCUT2D eigenvalue weighted by molar-refractivity contribution is 1.06. The number of nitrogens with zero attached hydrogens (tertiary/aromatic N) is 2. The van der Waals surface area contributed by atoms with E-state index < -0.39 is 0 Å². The summed E-state index contributed by atoms with van der Waals surface area (Å²) >= 11 is 6.19. The summed E-state index contributed by atoms with van der Waals surface area (Å²) in [6, 6.07) is 4.18. The van der Waals surface area contributed by atoms with E-state index in [1.54, 1.807) is 0 Å². The van der Waals surface area contributed by atoms with Gasteiger partial charge in [-0.05, 0) is 30.4 Å². The Kier molecular flexibility index (Phi) is 1.89. The van der Waals surface area contributed by atoms with Gasteiger partial charge in [-0.15, -0.1) is 0 Å². The van der Waals surface area contributed by atoms with E-state index in [1.807, 2.05) is 17.5 Å². The fraction of sp³-hybridized carbons (Fsp3) is 0.364. The molecule has 3 nitrogen and oxygen atoms in total. The van der Waals surface area contributed by atoms with Gasteiger partial charge in [0, 0.05) is 13.2 Å². The number of nitrogens with one attached hydrogen (secondary N) is 1. The molecular weight excluding hydrogens is 210 g/mol. The maximum Gasteiger partial charge on any atom is 0.164 e. The van der Waals surface area contributed by atoms with Crippen LogP contribution in [-0.2, 0) is 0 Å². The molecule has 0 saturated heterocycles. The van der Waals surface area contributed by atoms with Gasteiger partial charge in [0.2, 0.25) is 0 Å². The zero-order chi connectivity index (χ0) is 10.4. The Morgan fingerprint density at radius 1 is 1.47 bits per heavy atom. The van der Waals surface area contributed by atoms with E-state index in [-0.39, 0.29) is 0 Å². The Labute approximate surface area is 93.1 Å². The van der Waals surface area contributed by atoms with Crippen molar-refractivity contribution >= 4 is 23.1 Å². The van der Waals surface area contributed by atoms with Crippen molar-refractivity contribution < 1.29 is 0 Å². The molecule has 1 aliphatic rings. The van der Waals surface area contributed by atoms with Crippen molar-refractivity contribution in [1.82, 2.24) is 9.38 Å². The van der Waals surface area contributed by atoms with Crippen molar-refractivity contribution in [3.8, 4) is 0 Å². The van der Waals surface area contributed by atoms with Gasteiger partial charge in [-0.2, -0.15) is 0 Å². The van der Waals surface area contributed by atoms with E-state index in [0.717, 1.165) is 17.4 Å². The molecular formula is C11H12ClN3. The summed E-state index contributed by atoms with van der Waals surface area (Å²) in [4.78, 5) is 4.37. The standard InChI is InChI=1S/C11H12ClN3/c1-13-11-10(12)15-6-8(7-2-3-7)4-5-9(15)14-11/h4-7,13H,2-3H2,1H3. The average molecular weight is 222 g/mol. The summed E-state index contributed by atoms with van der Waals surface area (Å²) in [5.74, 6) is 1.48. The van der Waals surface area contributed by atoms with Crippen molar-refractivity contribution in [2.75, 3.05) is 12.4 Å². The summed E-state index contributed by atoms with van der Waals surface area (Å²) in [7, 11) is 1.83. The van der Waals surface area contributed by atoms with Gasteiger partial charge in [0.25, 0.3) is 0 Å². The van der Waals surface area contributed by atoms with E-state index in [0.29, 0.717) is 5.15 Å². The van der Waals surface area contributed by atoms with E-state index in [2.05, 4.69) is 22.6 Å². The summed E-state index contributed by atoms with van der Waals surface area (Å²) in [5, 5.41) is 3.65. The molecule has 0 radical (unpaired) electrons. The fourth-order valence-electron chi connectivity index (χ4n) is 1.85. The van der Waals surface area contributed by atoms with E-state index in [1.165, 1.54) is 18.4 Å². The van der Waals surface area contributed by atoms with Gasteiger partial charge in [0.1, 0.15) is 5.65 Å². The quantitative estimate of drug-likeness (QED) is 0.845. The monoisotopic (exact) mass is 221 g/mol. The van der Waals surface area contributed by atoms with Crippen LogP contribution in [0, 0.1) is 0 Å². The van der Waals surface area contributed by atoms with Gasteiger partial charge >= 0.3 is 0 Å². The maximum atomic E-state index is 6.19. The predicted molar refractivity (Wildman–Crippen MR) is 61.7 cm³/mol. The Bertz CT molecular complexity index is 514. The number of fused-ring (bicyclic) bond motifs is 1. The molecule has 0 aliphatic heterocycles. The lowest BCUT2D eigenvalue weighted by atomic mass is 10.2. The third-order valence-electron chi connectivity index (χ3n) is 2.87. The smallest absolute Gasteiger partial charge is 0.164 e. The lowest BCUT2D eigenvalue weighted by Gasteiger charge is -2.00. The highest BCUT2D eigenvalue weighted by Crippen LogP contribution is 2.40. The van der Waals surface area contributed by atoms with E-state index in [4.69, 9.17) is 11.6 Å². The highest BCUT2D eigenvalue weighted by Gasteiger charge is 2.24. The molecule has 3 rings (SSSR count). The Morgan fingerprint density at radius 2 is 2.27 bits per heavy atom. The van der Waals surface area contributed by atoms with Gasteiger partial charge in [0.05, 0.1) is 0 Å². The molecule has 0 amide bonds. The van der Waals surface area contributed by atoms with Gasteiger partial charge in [-0.1, -0.05) is 17.7 Å². The van der Waals surface area contributed by atoms with Crippen LogP contribution in [0.4, 0.5) is 5.82 Å². The molecule has 2 aromatic heterocycles. The normalized spacial score (nSPS) is 15.9. The molecule has 0 spiro atoms. The predicted octanol–water partition coefficient (Wildman–Crippen LogP) is 2.91. The number of pyridine rings is 1. The van der Waals surface area contributed by atoms with E-state index >= 15 is 0 Å². The van der Waals surface area contributed by atoms with Crippen LogP contribution >= 0.6 is 11.6 Å². The third kappa shape index (κ3) is 1.38. The van der Waals surface area contributed by atoms with Gasteiger partial charge in [-0.3, -0.25) is 4.40 Å². The molecule has 2 aromatic rings. The van der Waals surface area contributed by atoms with Crippen molar-refractivity contribution in [2.24, 2.45) is 0 Å². The molecule has 0 bridgehead atoms. The van der Waals surface area contributed by atoms with Crippen molar-refractivity contribution in [3.05, 3.63) is 29.0 Å². The first-order chi connectivity index (χ1) is 7.29. The largest absolute Gasteiger partial charge is 0.371 e. The first kappa shape index (κ1) is 9.04. The van der Waals surface area contributed by atoms with Crippen LogP contribution in [0.2, 0.25) is 5.15 Å². The van der Waals surface area contributed by atoms with Gasteiger partial charge in [0.15, 0.2) is 11.0 Å². The molecule has 1 fully saturated rings. The van der Waals surface area contributed by atoms with Crippen molar-refractivity contribution in [1.29, 1.82) is 0 Å². The summed E-state index contributed by atoms with van der Waals surface area (Å²) in [6.45, 7) is 0. The third-order valence-corrected chi connectivity index (χ3v) is 3.23. The number of anilines is 1. The average Bonchev–Trinajstić information content (AvgIpc) is 3.05. The molecule has 1 N–H and O–H groups in total. The Balaban J connectivity index is 2.19. The zero-order valence-electron chi connectivity index (χ0n) is 8.50. The molecule has 0 atom stereocenters. The minimum Gasteiger partial charge on any atom is -0.371 e. The van der Waals surface area contributed by atoms with Crippen LogP contribution in [0.15, 0.2) is 18.3 Å². The van der Waals surface area contributed by atoms with Crippen molar-refractivity contribution in [3.63, 3.8) is 0 Å². The van der Waals surface area contributed by atoms with Crippen LogP contribution in [0.5, 0.6) is 0 Å². The minimum atomic E-state index is 0.662. The first-order valence-corrected chi connectivity index (χ1v) is 5.52. The Morgan fingerprint density at radius 3 is 2.93 bits per heavy atom. The van der Waals surface area contributed by atoms with Crippen LogP contribution in [-0.4, -0.2) is 16.4 Å². The first-order valence-electron chi connectivity index (χ1n) is 5.15. The van der Waals surface area contributed by atoms with Crippen LogP contribution in [0.1, 0.15) is 24.3 Å². The van der Waals surface area contributed by atoms with E-state index in [9.17, 15) is 0 Å². The zero-order valence-corrected chi connectivity index (χ0v) is 9.25. The van der Waals surface area contributed by atoms with Crippen LogP contribution in [0.25, 0.3) is 5.65 Å². The topological polar surface area (TPSA) is 29.3 Å².